The Bertz CT molecular complexity index is 584. The van der Waals surface area contributed by atoms with Gasteiger partial charge in [-0.15, -0.1) is 0 Å². The van der Waals surface area contributed by atoms with E-state index in [2.05, 4.69) is 5.16 Å². The number of nitrogens with zero attached hydrogens (tertiary/aromatic N) is 1. The molecule has 1 heterocycles. The molecule has 2 rings (SSSR count). The van der Waals surface area contributed by atoms with Crippen molar-refractivity contribution in [2.24, 2.45) is 0 Å². The predicted octanol–water partition coefficient (Wildman–Crippen LogP) is 2.97. The molecule has 0 aliphatic carbocycles. The Balaban J connectivity index is 2.68. The molecule has 0 saturated carbocycles. The lowest BCUT2D eigenvalue weighted by Crippen LogP contribution is -1.99. The molecule has 2 aromatic rings. The number of benzene rings is 1. The van der Waals surface area contributed by atoms with Crippen LogP contribution in [0, 0.1) is 20.8 Å². The van der Waals surface area contributed by atoms with Crippen molar-refractivity contribution in [3.8, 4) is 11.3 Å². The zero-order valence-corrected chi connectivity index (χ0v) is 9.94. The van der Waals surface area contributed by atoms with Crippen molar-refractivity contribution in [2.45, 2.75) is 20.8 Å². The first-order chi connectivity index (χ1) is 8.00. The van der Waals surface area contributed by atoms with Gasteiger partial charge in [0.1, 0.15) is 5.56 Å². The molecule has 17 heavy (non-hydrogen) atoms. The first kappa shape index (κ1) is 11.4. The molecule has 0 aliphatic heterocycles. The van der Waals surface area contributed by atoms with E-state index in [1.54, 1.807) is 6.92 Å². The Hall–Kier alpha value is -2.10. The zero-order chi connectivity index (χ0) is 12.6. The van der Waals surface area contributed by atoms with Crippen LogP contribution in [0.5, 0.6) is 0 Å². The Morgan fingerprint density at radius 3 is 2.65 bits per heavy atom. The standard InChI is InChI=1S/C13H13NO3/c1-7-4-5-8(2)10(6-7)12-11(13(15)16)9(3)14-17-12/h4-6H,1-3H3,(H,15,16). The summed E-state index contributed by atoms with van der Waals surface area (Å²) in [6.07, 6.45) is 0. The lowest BCUT2D eigenvalue weighted by Gasteiger charge is -2.04. The number of carboxylic acid groups (broad SMARTS) is 1. The van der Waals surface area contributed by atoms with E-state index in [1.807, 2.05) is 32.0 Å². The summed E-state index contributed by atoms with van der Waals surface area (Å²) in [6.45, 7) is 5.49. The molecule has 0 bridgehead atoms. The second-order valence-electron chi connectivity index (χ2n) is 4.10. The van der Waals surface area contributed by atoms with Gasteiger partial charge in [-0.1, -0.05) is 22.9 Å². The minimum Gasteiger partial charge on any atom is -0.477 e. The van der Waals surface area contributed by atoms with Gasteiger partial charge in [-0.05, 0) is 32.4 Å². The number of carbonyl (C=O) groups is 1. The minimum absolute atomic E-state index is 0.138. The average molecular weight is 231 g/mol. The van der Waals surface area contributed by atoms with Gasteiger partial charge < -0.3 is 9.63 Å². The number of rotatable bonds is 2. The second kappa shape index (κ2) is 4.05. The summed E-state index contributed by atoms with van der Waals surface area (Å²) in [7, 11) is 0. The Morgan fingerprint density at radius 1 is 1.29 bits per heavy atom. The van der Waals surface area contributed by atoms with Crippen LogP contribution in [0.15, 0.2) is 22.7 Å². The van der Waals surface area contributed by atoms with Crippen LogP contribution in [-0.2, 0) is 0 Å². The molecular formula is C13H13NO3. The molecule has 0 radical (unpaired) electrons. The topological polar surface area (TPSA) is 63.3 Å². The smallest absolute Gasteiger partial charge is 0.341 e. The van der Waals surface area contributed by atoms with E-state index in [0.29, 0.717) is 11.5 Å². The van der Waals surface area contributed by atoms with Crippen LogP contribution in [0.1, 0.15) is 27.2 Å². The molecule has 0 fully saturated rings. The van der Waals surface area contributed by atoms with Crippen LogP contribution in [0.4, 0.5) is 0 Å². The molecule has 0 saturated heterocycles. The van der Waals surface area contributed by atoms with Crippen molar-refractivity contribution in [3.63, 3.8) is 0 Å². The first-order valence-corrected chi connectivity index (χ1v) is 5.28. The Kier molecular flexibility index (Phi) is 2.71. The SMILES string of the molecule is Cc1ccc(C)c(-c2onc(C)c2C(=O)O)c1. The van der Waals surface area contributed by atoms with Crippen molar-refractivity contribution in [2.75, 3.05) is 0 Å². The van der Waals surface area contributed by atoms with Gasteiger partial charge in [0.2, 0.25) is 0 Å². The summed E-state index contributed by atoms with van der Waals surface area (Å²) in [4.78, 5) is 11.2. The highest BCUT2D eigenvalue weighted by atomic mass is 16.5. The molecular weight excluding hydrogens is 218 g/mol. The van der Waals surface area contributed by atoms with E-state index in [1.165, 1.54) is 0 Å². The van der Waals surface area contributed by atoms with Crippen LogP contribution in [-0.4, -0.2) is 16.2 Å². The molecule has 1 N–H and O–H groups in total. The van der Waals surface area contributed by atoms with E-state index >= 15 is 0 Å². The van der Waals surface area contributed by atoms with Gasteiger partial charge >= 0.3 is 5.97 Å². The van der Waals surface area contributed by atoms with Crippen molar-refractivity contribution >= 4 is 5.97 Å². The largest absolute Gasteiger partial charge is 0.477 e. The highest BCUT2D eigenvalue weighted by molar-refractivity contribution is 5.95. The first-order valence-electron chi connectivity index (χ1n) is 5.28. The van der Waals surface area contributed by atoms with Crippen molar-refractivity contribution in [1.29, 1.82) is 0 Å². The van der Waals surface area contributed by atoms with Crippen molar-refractivity contribution in [1.82, 2.24) is 5.16 Å². The van der Waals surface area contributed by atoms with Gasteiger partial charge in [-0.25, -0.2) is 4.79 Å². The molecule has 1 aromatic heterocycles. The molecule has 0 unspecified atom stereocenters. The molecule has 4 heteroatoms. The van der Waals surface area contributed by atoms with Gasteiger partial charge in [0.15, 0.2) is 5.76 Å². The Morgan fingerprint density at radius 2 is 2.00 bits per heavy atom. The lowest BCUT2D eigenvalue weighted by atomic mass is 10.0. The van der Waals surface area contributed by atoms with Gasteiger partial charge in [0, 0.05) is 5.56 Å². The van der Waals surface area contributed by atoms with E-state index < -0.39 is 5.97 Å². The number of aromatic nitrogens is 1. The molecule has 88 valence electrons. The van der Waals surface area contributed by atoms with Crippen LogP contribution >= 0.6 is 0 Å². The third-order valence-electron chi connectivity index (χ3n) is 2.71. The molecule has 0 aliphatic rings. The molecule has 4 nitrogen and oxygen atoms in total. The summed E-state index contributed by atoms with van der Waals surface area (Å²) >= 11 is 0. The minimum atomic E-state index is -1.01. The highest BCUT2D eigenvalue weighted by Gasteiger charge is 2.22. The highest BCUT2D eigenvalue weighted by Crippen LogP contribution is 2.29. The summed E-state index contributed by atoms with van der Waals surface area (Å²) in [6, 6.07) is 5.82. The van der Waals surface area contributed by atoms with E-state index in [4.69, 9.17) is 9.63 Å². The van der Waals surface area contributed by atoms with Crippen molar-refractivity contribution in [3.05, 3.63) is 40.6 Å². The molecule has 1 aromatic carbocycles. The normalized spacial score (nSPS) is 10.5. The van der Waals surface area contributed by atoms with Gasteiger partial charge in [-0.3, -0.25) is 0 Å². The summed E-state index contributed by atoms with van der Waals surface area (Å²) < 4.78 is 5.15. The lowest BCUT2D eigenvalue weighted by molar-refractivity contribution is 0.0696. The summed E-state index contributed by atoms with van der Waals surface area (Å²) in [5.74, 6) is -0.684. The average Bonchev–Trinajstić information content (AvgIpc) is 2.64. The number of hydrogen-bond acceptors (Lipinski definition) is 3. The number of carboxylic acids is 1. The third kappa shape index (κ3) is 1.93. The fourth-order valence-electron chi connectivity index (χ4n) is 1.79. The summed E-state index contributed by atoms with van der Waals surface area (Å²) in [5, 5.41) is 12.9. The fourth-order valence-corrected chi connectivity index (χ4v) is 1.79. The maximum Gasteiger partial charge on any atom is 0.341 e. The zero-order valence-electron chi connectivity index (χ0n) is 9.94. The van der Waals surface area contributed by atoms with Crippen LogP contribution in [0.3, 0.4) is 0 Å². The quantitative estimate of drug-likeness (QED) is 0.863. The van der Waals surface area contributed by atoms with Gasteiger partial charge in [0.05, 0.1) is 5.69 Å². The third-order valence-corrected chi connectivity index (χ3v) is 2.71. The van der Waals surface area contributed by atoms with Crippen LogP contribution in [0.25, 0.3) is 11.3 Å². The molecule has 0 spiro atoms. The molecule has 0 amide bonds. The van der Waals surface area contributed by atoms with Gasteiger partial charge in [0.25, 0.3) is 0 Å². The second-order valence-corrected chi connectivity index (χ2v) is 4.10. The maximum atomic E-state index is 11.2. The van der Waals surface area contributed by atoms with Crippen molar-refractivity contribution < 1.29 is 14.4 Å². The molecule has 0 atom stereocenters. The number of aromatic carboxylic acids is 1. The van der Waals surface area contributed by atoms with Gasteiger partial charge in [-0.2, -0.15) is 0 Å². The summed E-state index contributed by atoms with van der Waals surface area (Å²) in [5.41, 5.74) is 3.33. The van der Waals surface area contributed by atoms with E-state index in [-0.39, 0.29) is 5.56 Å². The monoisotopic (exact) mass is 231 g/mol. The van der Waals surface area contributed by atoms with Crippen LogP contribution in [0.2, 0.25) is 0 Å². The Labute approximate surface area is 98.9 Å². The van der Waals surface area contributed by atoms with Crippen LogP contribution < -0.4 is 0 Å². The van der Waals surface area contributed by atoms with E-state index in [0.717, 1.165) is 16.7 Å². The number of hydrogen-bond donors (Lipinski definition) is 1. The van der Waals surface area contributed by atoms with E-state index in [9.17, 15) is 4.79 Å². The maximum absolute atomic E-state index is 11.2. The number of aryl methyl sites for hydroxylation is 3. The fraction of sp³-hybridized carbons (Fsp3) is 0.231. The predicted molar refractivity (Wildman–Crippen MR) is 63.1 cm³/mol.